The first-order valence-corrected chi connectivity index (χ1v) is 12.0. The first-order valence-electron chi connectivity index (χ1n) is 12.0. The van der Waals surface area contributed by atoms with Crippen LogP contribution in [0.3, 0.4) is 0 Å². The van der Waals surface area contributed by atoms with E-state index < -0.39 is 17.3 Å². The fourth-order valence-electron chi connectivity index (χ4n) is 3.83. The van der Waals surface area contributed by atoms with Gasteiger partial charge in [0.1, 0.15) is 5.75 Å². The molecule has 9 heteroatoms. The SMILES string of the molecule is C=CC(=O)NCCCCOc1cc(OCCCCNC(=O)C=C)c2c(c1O)C(=O)c1ccccc1C2=O. The standard InChI is InChI=1S/C28H30N2O7/c1-3-22(31)29-13-7-9-15-36-20-17-21(37-16-10-8-14-30-23(32)4-2)28(35)25-24(20)26(33)18-11-5-6-12-19(18)27(25)34/h3-6,11-12,17,35H,1-2,7-10,13-16H2,(H,29,31)(H,30,32). The molecule has 2 aromatic carbocycles. The van der Waals surface area contributed by atoms with Crippen molar-refractivity contribution in [3.63, 3.8) is 0 Å². The summed E-state index contributed by atoms with van der Waals surface area (Å²) in [6.45, 7) is 8.09. The molecule has 1 aliphatic rings. The molecule has 3 N–H and O–H groups in total. The maximum absolute atomic E-state index is 13.3. The number of phenolic OH excluding ortho intramolecular Hbond substituents is 1. The number of hydrogen-bond acceptors (Lipinski definition) is 7. The second kappa shape index (κ2) is 13.1. The maximum Gasteiger partial charge on any atom is 0.243 e. The molecule has 0 spiro atoms. The molecule has 0 aliphatic heterocycles. The van der Waals surface area contributed by atoms with E-state index in [0.717, 1.165) is 0 Å². The van der Waals surface area contributed by atoms with Crippen molar-refractivity contribution >= 4 is 23.4 Å². The largest absolute Gasteiger partial charge is 0.504 e. The van der Waals surface area contributed by atoms with E-state index in [4.69, 9.17) is 9.47 Å². The third-order valence-electron chi connectivity index (χ3n) is 5.73. The number of unbranched alkanes of at least 4 members (excludes halogenated alkanes) is 2. The van der Waals surface area contributed by atoms with Crippen molar-refractivity contribution in [3.05, 3.63) is 77.9 Å². The molecule has 0 saturated carbocycles. The lowest BCUT2D eigenvalue weighted by atomic mass is 9.83. The van der Waals surface area contributed by atoms with E-state index in [1.807, 2.05) is 0 Å². The Hall–Kier alpha value is -4.40. The number of nitrogens with one attached hydrogen (secondary N) is 2. The Balaban J connectivity index is 1.77. The number of phenols is 1. The van der Waals surface area contributed by atoms with E-state index in [0.29, 0.717) is 38.8 Å². The highest BCUT2D eigenvalue weighted by molar-refractivity contribution is 6.30. The molecule has 37 heavy (non-hydrogen) atoms. The number of amides is 2. The molecule has 0 heterocycles. The highest BCUT2D eigenvalue weighted by Crippen LogP contribution is 2.44. The van der Waals surface area contributed by atoms with Gasteiger partial charge >= 0.3 is 0 Å². The molecule has 0 radical (unpaired) electrons. The van der Waals surface area contributed by atoms with Gasteiger partial charge in [-0.15, -0.1) is 0 Å². The topological polar surface area (TPSA) is 131 Å². The van der Waals surface area contributed by atoms with Gasteiger partial charge in [0.2, 0.25) is 11.8 Å². The number of rotatable bonds is 14. The molecule has 0 fully saturated rings. The lowest BCUT2D eigenvalue weighted by Gasteiger charge is -2.23. The van der Waals surface area contributed by atoms with Gasteiger partial charge in [0, 0.05) is 30.3 Å². The smallest absolute Gasteiger partial charge is 0.243 e. The van der Waals surface area contributed by atoms with Gasteiger partial charge in [0.05, 0.1) is 24.3 Å². The van der Waals surface area contributed by atoms with Crippen molar-refractivity contribution in [3.8, 4) is 17.2 Å². The number of carbonyl (C=O) groups excluding carboxylic acids is 4. The summed E-state index contributed by atoms with van der Waals surface area (Å²) < 4.78 is 11.6. The third-order valence-corrected chi connectivity index (χ3v) is 5.73. The summed E-state index contributed by atoms with van der Waals surface area (Å²) in [6.07, 6.45) is 4.77. The molecule has 3 rings (SSSR count). The Labute approximate surface area is 215 Å². The molecular weight excluding hydrogens is 476 g/mol. The zero-order valence-corrected chi connectivity index (χ0v) is 20.5. The van der Waals surface area contributed by atoms with Crippen LogP contribution in [0.25, 0.3) is 0 Å². The van der Waals surface area contributed by atoms with Crippen molar-refractivity contribution < 1.29 is 33.8 Å². The van der Waals surface area contributed by atoms with E-state index in [1.165, 1.54) is 18.2 Å². The van der Waals surface area contributed by atoms with Gasteiger partial charge in [-0.05, 0) is 37.8 Å². The van der Waals surface area contributed by atoms with Gasteiger partial charge in [0.15, 0.2) is 23.1 Å². The fourth-order valence-corrected chi connectivity index (χ4v) is 3.83. The summed E-state index contributed by atoms with van der Waals surface area (Å²) in [6, 6.07) is 7.85. The van der Waals surface area contributed by atoms with Crippen LogP contribution in [0.4, 0.5) is 0 Å². The first kappa shape index (κ1) is 27.2. The molecule has 0 saturated heterocycles. The summed E-state index contributed by atoms with van der Waals surface area (Å²) in [7, 11) is 0. The van der Waals surface area contributed by atoms with Crippen LogP contribution in [0.15, 0.2) is 55.6 Å². The number of aromatic hydroxyl groups is 1. The summed E-state index contributed by atoms with van der Waals surface area (Å²) in [5, 5.41) is 16.3. The van der Waals surface area contributed by atoms with Crippen LogP contribution in [0.1, 0.15) is 57.5 Å². The Morgan fingerprint density at radius 3 is 1.78 bits per heavy atom. The minimum absolute atomic E-state index is 0.000600. The molecule has 2 aromatic rings. The summed E-state index contributed by atoms with van der Waals surface area (Å²) in [5.74, 6) is -1.67. The Bertz CT molecular complexity index is 1220. The number of ether oxygens (including phenoxy) is 2. The van der Waals surface area contributed by atoms with Crippen LogP contribution in [0.5, 0.6) is 17.2 Å². The third kappa shape index (κ3) is 6.63. The summed E-state index contributed by atoms with van der Waals surface area (Å²) in [4.78, 5) is 49.1. The van der Waals surface area contributed by atoms with Crippen LogP contribution in [0, 0.1) is 0 Å². The predicted octanol–water partition coefficient (Wildman–Crippen LogP) is 3.09. The van der Waals surface area contributed by atoms with Crippen molar-refractivity contribution in [1.82, 2.24) is 10.6 Å². The van der Waals surface area contributed by atoms with Crippen molar-refractivity contribution in [2.75, 3.05) is 26.3 Å². The first-order chi connectivity index (χ1) is 17.9. The summed E-state index contributed by atoms with van der Waals surface area (Å²) >= 11 is 0. The van der Waals surface area contributed by atoms with Crippen molar-refractivity contribution in [2.45, 2.75) is 25.7 Å². The zero-order chi connectivity index (χ0) is 26.8. The second-order valence-corrected chi connectivity index (χ2v) is 8.28. The van der Waals surface area contributed by atoms with Crippen LogP contribution in [-0.4, -0.2) is 54.8 Å². The highest BCUT2D eigenvalue weighted by atomic mass is 16.5. The number of hydrogen-bond donors (Lipinski definition) is 3. The lowest BCUT2D eigenvalue weighted by molar-refractivity contribution is -0.117. The second-order valence-electron chi connectivity index (χ2n) is 8.28. The molecule has 2 amide bonds. The Morgan fingerprint density at radius 2 is 1.27 bits per heavy atom. The minimum atomic E-state index is -0.489. The normalized spacial score (nSPS) is 11.7. The highest BCUT2D eigenvalue weighted by Gasteiger charge is 2.36. The van der Waals surface area contributed by atoms with Gasteiger partial charge in [-0.1, -0.05) is 37.4 Å². The zero-order valence-electron chi connectivity index (χ0n) is 20.5. The van der Waals surface area contributed by atoms with E-state index in [2.05, 4.69) is 23.8 Å². The molecule has 0 aromatic heterocycles. The van der Waals surface area contributed by atoms with Gasteiger partial charge in [-0.3, -0.25) is 19.2 Å². The molecular formula is C28H30N2O7. The number of benzene rings is 2. The van der Waals surface area contributed by atoms with Gasteiger partial charge in [0.25, 0.3) is 0 Å². The molecule has 0 bridgehead atoms. The van der Waals surface area contributed by atoms with Crippen LogP contribution in [0.2, 0.25) is 0 Å². The van der Waals surface area contributed by atoms with Crippen molar-refractivity contribution in [2.24, 2.45) is 0 Å². The predicted molar refractivity (Wildman–Crippen MR) is 137 cm³/mol. The fraction of sp³-hybridized carbons (Fsp3) is 0.286. The van der Waals surface area contributed by atoms with Gasteiger partial charge in [-0.25, -0.2) is 0 Å². The van der Waals surface area contributed by atoms with E-state index in [9.17, 15) is 24.3 Å². The minimum Gasteiger partial charge on any atom is -0.504 e. The average Bonchev–Trinajstić information content (AvgIpc) is 2.91. The molecule has 1 aliphatic carbocycles. The maximum atomic E-state index is 13.3. The average molecular weight is 507 g/mol. The Kier molecular flexibility index (Phi) is 9.60. The van der Waals surface area contributed by atoms with Crippen LogP contribution < -0.4 is 20.1 Å². The van der Waals surface area contributed by atoms with E-state index in [1.54, 1.807) is 24.3 Å². The summed E-state index contributed by atoms with van der Waals surface area (Å²) in [5.41, 5.74) is 0.300. The van der Waals surface area contributed by atoms with Gasteiger partial charge in [-0.2, -0.15) is 0 Å². The van der Waals surface area contributed by atoms with Crippen LogP contribution in [-0.2, 0) is 9.59 Å². The lowest BCUT2D eigenvalue weighted by Crippen LogP contribution is -2.23. The molecule has 0 atom stereocenters. The molecule has 0 unspecified atom stereocenters. The number of carbonyl (C=O) groups is 4. The molecule has 9 nitrogen and oxygen atoms in total. The van der Waals surface area contributed by atoms with E-state index >= 15 is 0 Å². The van der Waals surface area contributed by atoms with Gasteiger partial charge < -0.3 is 25.2 Å². The quantitative estimate of drug-likeness (QED) is 0.226. The molecule has 194 valence electrons. The number of ketones is 2. The monoisotopic (exact) mass is 506 g/mol. The van der Waals surface area contributed by atoms with E-state index in [-0.39, 0.29) is 58.8 Å². The van der Waals surface area contributed by atoms with Crippen molar-refractivity contribution in [1.29, 1.82) is 0 Å². The Morgan fingerprint density at radius 1 is 0.784 bits per heavy atom. The van der Waals surface area contributed by atoms with Crippen LogP contribution >= 0.6 is 0 Å². The number of fused-ring (bicyclic) bond motifs is 2.